The third kappa shape index (κ3) is 3.31. The van der Waals surface area contributed by atoms with Gasteiger partial charge in [-0.25, -0.2) is 0 Å². The van der Waals surface area contributed by atoms with E-state index in [4.69, 9.17) is 4.74 Å². The van der Waals surface area contributed by atoms with Crippen molar-refractivity contribution in [1.82, 2.24) is 9.80 Å². The highest BCUT2D eigenvalue weighted by Crippen LogP contribution is 2.60. The third-order valence-electron chi connectivity index (χ3n) is 6.50. The molecule has 3 fully saturated rings. The van der Waals surface area contributed by atoms with Crippen molar-refractivity contribution in [3.05, 3.63) is 12.7 Å². The summed E-state index contributed by atoms with van der Waals surface area (Å²) in [5.41, 5.74) is -1.20. The Morgan fingerprint density at radius 3 is 2.76 bits per heavy atom. The molecule has 162 valence electrons. The Kier molecular flexibility index (Phi) is 6.41. The molecule has 0 radical (unpaired) electrons. The lowest BCUT2D eigenvalue weighted by atomic mass is 9.70. The largest absolute Gasteiger partial charge is 0.481 e. The maximum absolute atomic E-state index is 13.8. The van der Waals surface area contributed by atoms with Crippen LogP contribution in [0, 0.1) is 11.8 Å². The van der Waals surface area contributed by atoms with E-state index >= 15 is 0 Å². The van der Waals surface area contributed by atoms with Crippen LogP contribution in [0.1, 0.15) is 33.1 Å². The van der Waals surface area contributed by atoms with Crippen molar-refractivity contribution in [2.75, 3.05) is 19.7 Å². The zero-order valence-corrected chi connectivity index (χ0v) is 18.4. The molecule has 8 nitrogen and oxygen atoms in total. The van der Waals surface area contributed by atoms with Crippen molar-refractivity contribution in [1.29, 1.82) is 0 Å². The van der Waals surface area contributed by atoms with Gasteiger partial charge >= 0.3 is 5.97 Å². The molecule has 0 aromatic heterocycles. The molecule has 0 aromatic carbocycles. The standard InChI is InChI=1S/C20H29BrN2O6/c1-4-6-11(3)22(7-5-2)18(26)16-20-10-12(21)15(29-20)13(19(27)28)14(20)17(25)23(16)8-9-24/h5,11-16,24H,2,4,6-10H2,1,3H3,(H,27,28)/t11?,12?,13-,14+,15-,16-,20+/m1/s1. The number of β-amino-alcohol motifs (C(OH)–C–C–N with tert-alkyl or cyclic N) is 1. The molecule has 3 heterocycles. The van der Waals surface area contributed by atoms with E-state index in [1.165, 1.54) is 4.90 Å². The molecule has 7 atom stereocenters. The number of aliphatic hydroxyl groups is 1. The minimum atomic E-state index is -1.20. The van der Waals surface area contributed by atoms with E-state index in [0.717, 1.165) is 12.8 Å². The van der Waals surface area contributed by atoms with E-state index in [9.17, 15) is 24.6 Å². The van der Waals surface area contributed by atoms with Gasteiger partial charge in [0.15, 0.2) is 0 Å². The van der Waals surface area contributed by atoms with Crippen molar-refractivity contribution < 1.29 is 29.3 Å². The molecule has 3 saturated heterocycles. The van der Waals surface area contributed by atoms with Crippen LogP contribution in [0.25, 0.3) is 0 Å². The van der Waals surface area contributed by atoms with Gasteiger partial charge in [-0.3, -0.25) is 14.4 Å². The van der Waals surface area contributed by atoms with Gasteiger partial charge in [0.2, 0.25) is 11.8 Å². The average Bonchev–Trinajstić information content (AvgIpc) is 3.24. The summed E-state index contributed by atoms with van der Waals surface area (Å²) >= 11 is 3.50. The Bertz CT molecular complexity index is 702. The molecule has 0 aliphatic carbocycles. The van der Waals surface area contributed by atoms with Gasteiger partial charge in [0, 0.05) is 24.0 Å². The molecule has 29 heavy (non-hydrogen) atoms. The number of hydrogen-bond donors (Lipinski definition) is 2. The van der Waals surface area contributed by atoms with Crippen molar-refractivity contribution >= 4 is 33.7 Å². The van der Waals surface area contributed by atoms with Crippen molar-refractivity contribution in [2.24, 2.45) is 11.8 Å². The lowest BCUT2D eigenvalue weighted by Crippen LogP contribution is -2.58. The SMILES string of the molecule is C=CCN(C(=O)[C@H]1N(CCO)C(=O)[C@@H]2[C@@H](C(=O)O)[C@@H]3O[C@@]21CC3Br)C(C)CCC. The van der Waals surface area contributed by atoms with E-state index in [-0.39, 0.29) is 29.9 Å². The minimum Gasteiger partial charge on any atom is -0.481 e. The van der Waals surface area contributed by atoms with Crippen LogP contribution in [-0.2, 0) is 19.1 Å². The van der Waals surface area contributed by atoms with Crippen molar-refractivity contribution in [2.45, 2.75) is 61.7 Å². The molecule has 2 bridgehead atoms. The first-order valence-corrected chi connectivity index (χ1v) is 11.0. The molecule has 3 aliphatic heterocycles. The number of carbonyl (C=O) groups excluding carboxylic acids is 2. The number of aliphatic carboxylic acids is 1. The van der Waals surface area contributed by atoms with Gasteiger partial charge < -0.3 is 24.7 Å². The fraction of sp³-hybridized carbons (Fsp3) is 0.750. The zero-order valence-electron chi connectivity index (χ0n) is 16.8. The van der Waals surface area contributed by atoms with Gasteiger partial charge in [0.1, 0.15) is 11.6 Å². The number of rotatable bonds is 9. The summed E-state index contributed by atoms with van der Waals surface area (Å²) in [7, 11) is 0. The van der Waals surface area contributed by atoms with E-state index in [0.29, 0.717) is 13.0 Å². The maximum atomic E-state index is 13.8. The number of alkyl halides is 1. The number of nitrogens with zero attached hydrogens (tertiary/aromatic N) is 2. The molecule has 0 aromatic rings. The van der Waals surface area contributed by atoms with E-state index in [2.05, 4.69) is 22.5 Å². The molecule has 3 aliphatic rings. The van der Waals surface area contributed by atoms with Gasteiger partial charge in [-0.05, 0) is 19.8 Å². The number of halogens is 1. The summed E-state index contributed by atoms with van der Waals surface area (Å²) in [5.74, 6) is -3.74. The van der Waals surface area contributed by atoms with E-state index in [1.54, 1.807) is 11.0 Å². The summed E-state index contributed by atoms with van der Waals surface area (Å²) < 4.78 is 6.17. The predicted octanol–water partition coefficient (Wildman–Crippen LogP) is 1.01. The summed E-state index contributed by atoms with van der Waals surface area (Å²) in [6.45, 7) is 7.71. The fourth-order valence-electron chi connectivity index (χ4n) is 5.40. The van der Waals surface area contributed by atoms with Gasteiger partial charge in [-0.1, -0.05) is 35.4 Å². The summed E-state index contributed by atoms with van der Waals surface area (Å²) in [6.07, 6.45) is 3.04. The van der Waals surface area contributed by atoms with Crippen LogP contribution in [0.4, 0.5) is 0 Å². The van der Waals surface area contributed by atoms with Crippen LogP contribution in [0.5, 0.6) is 0 Å². The van der Waals surface area contributed by atoms with Gasteiger partial charge in [0.05, 0.1) is 24.5 Å². The Morgan fingerprint density at radius 2 is 2.21 bits per heavy atom. The highest BCUT2D eigenvalue weighted by Gasteiger charge is 2.76. The highest BCUT2D eigenvalue weighted by atomic mass is 79.9. The van der Waals surface area contributed by atoms with Crippen LogP contribution >= 0.6 is 15.9 Å². The minimum absolute atomic E-state index is 0.0368. The molecule has 2 unspecified atom stereocenters. The summed E-state index contributed by atoms with van der Waals surface area (Å²) in [6, 6.07) is -1.03. The van der Waals surface area contributed by atoms with E-state index in [1.807, 2.05) is 13.8 Å². The average molecular weight is 473 g/mol. The number of aliphatic hydroxyl groups excluding tert-OH is 1. The lowest BCUT2D eigenvalue weighted by Gasteiger charge is -2.38. The summed E-state index contributed by atoms with van der Waals surface area (Å²) in [5, 5.41) is 19.3. The molecule has 9 heteroatoms. The second-order valence-electron chi connectivity index (χ2n) is 8.17. The first-order valence-electron chi connectivity index (χ1n) is 10.1. The lowest BCUT2D eigenvalue weighted by molar-refractivity contribution is -0.151. The smallest absolute Gasteiger partial charge is 0.310 e. The number of carboxylic acid groups (broad SMARTS) is 1. The van der Waals surface area contributed by atoms with Gasteiger partial charge in [-0.15, -0.1) is 6.58 Å². The molecule has 2 N–H and O–H groups in total. The topological polar surface area (TPSA) is 107 Å². The third-order valence-corrected chi connectivity index (χ3v) is 7.34. The van der Waals surface area contributed by atoms with Crippen LogP contribution in [0.2, 0.25) is 0 Å². The molecule has 3 rings (SSSR count). The molecular formula is C20H29BrN2O6. The Balaban J connectivity index is 2.05. The van der Waals surface area contributed by atoms with Crippen LogP contribution in [-0.4, -0.2) is 86.1 Å². The number of carbonyl (C=O) groups is 3. The van der Waals surface area contributed by atoms with Gasteiger partial charge in [-0.2, -0.15) is 0 Å². The first kappa shape index (κ1) is 22.2. The molecule has 0 saturated carbocycles. The number of carboxylic acids is 1. The Labute approximate surface area is 179 Å². The normalized spacial score (nSPS) is 36.2. The predicted molar refractivity (Wildman–Crippen MR) is 108 cm³/mol. The number of fused-ring (bicyclic) bond motifs is 1. The Morgan fingerprint density at radius 1 is 1.52 bits per heavy atom. The maximum Gasteiger partial charge on any atom is 0.310 e. The summed E-state index contributed by atoms with van der Waals surface area (Å²) in [4.78, 5) is 41.7. The molecule has 2 amide bonds. The second-order valence-corrected chi connectivity index (χ2v) is 9.35. The van der Waals surface area contributed by atoms with Crippen LogP contribution < -0.4 is 0 Å². The second kappa shape index (κ2) is 8.35. The molecular weight excluding hydrogens is 444 g/mol. The van der Waals surface area contributed by atoms with Crippen molar-refractivity contribution in [3.63, 3.8) is 0 Å². The Hall–Kier alpha value is -1.45. The number of likely N-dealkylation sites (tertiary alicyclic amines) is 1. The number of amides is 2. The molecule has 1 spiro atoms. The monoisotopic (exact) mass is 472 g/mol. The zero-order chi connectivity index (χ0) is 21.5. The van der Waals surface area contributed by atoms with Crippen molar-refractivity contribution in [3.8, 4) is 0 Å². The first-order chi connectivity index (χ1) is 13.7. The highest BCUT2D eigenvalue weighted by molar-refractivity contribution is 9.09. The number of ether oxygens (including phenoxy) is 1. The fourth-order valence-corrected chi connectivity index (χ4v) is 6.34. The van der Waals surface area contributed by atoms with Crippen LogP contribution in [0.3, 0.4) is 0 Å². The van der Waals surface area contributed by atoms with E-state index < -0.39 is 41.5 Å². The van der Waals surface area contributed by atoms with Crippen LogP contribution in [0.15, 0.2) is 12.7 Å². The quantitative estimate of drug-likeness (QED) is 0.383. The van der Waals surface area contributed by atoms with Gasteiger partial charge in [0.25, 0.3) is 0 Å². The number of hydrogen-bond acceptors (Lipinski definition) is 5.